The fourth-order valence-electron chi connectivity index (χ4n) is 2.48. The third-order valence-corrected chi connectivity index (χ3v) is 3.44. The number of nitrogens with one attached hydrogen (secondary N) is 1. The van der Waals surface area contributed by atoms with Crippen molar-refractivity contribution in [3.8, 4) is 11.5 Å². The maximum atomic E-state index is 11.2. The zero-order valence-electron chi connectivity index (χ0n) is 11.2. The number of para-hydroxylation sites is 1. The van der Waals surface area contributed by atoms with Gasteiger partial charge in [0.25, 0.3) is 0 Å². The average Bonchev–Trinajstić information content (AvgIpc) is 2.86. The average molecular weight is 267 g/mol. The van der Waals surface area contributed by atoms with E-state index in [0.717, 1.165) is 24.3 Å². The lowest BCUT2D eigenvalue weighted by Crippen LogP contribution is -2.27. The first-order valence-electron chi connectivity index (χ1n) is 6.91. The maximum absolute atomic E-state index is 11.2. The molecule has 0 bridgehead atoms. The molecule has 20 heavy (non-hydrogen) atoms. The molecule has 1 aliphatic rings. The van der Waals surface area contributed by atoms with Crippen LogP contribution < -0.4 is 10.1 Å². The van der Waals surface area contributed by atoms with Gasteiger partial charge in [0.2, 0.25) is 5.91 Å². The molecule has 3 rings (SSSR count). The van der Waals surface area contributed by atoms with Crippen molar-refractivity contribution in [3.05, 3.63) is 60.2 Å². The van der Waals surface area contributed by atoms with E-state index >= 15 is 0 Å². The molecule has 0 aromatic heterocycles. The molecule has 3 heteroatoms. The molecule has 2 aromatic carbocycles. The SMILES string of the molecule is O=C1CCC(Cc2cccc(Oc3ccccc3)c2)N1. The van der Waals surface area contributed by atoms with Crippen molar-refractivity contribution < 1.29 is 9.53 Å². The molecule has 0 radical (unpaired) electrons. The van der Waals surface area contributed by atoms with E-state index in [0.29, 0.717) is 6.42 Å². The minimum atomic E-state index is 0.159. The fourth-order valence-corrected chi connectivity index (χ4v) is 2.48. The van der Waals surface area contributed by atoms with E-state index in [2.05, 4.69) is 11.4 Å². The molecular weight excluding hydrogens is 250 g/mol. The minimum Gasteiger partial charge on any atom is -0.457 e. The van der Waals surface area contributed by atoms with Crippen LogP contribution in [0, 0.1) is 0 Å². The highest BCUT2D eigenvalue weighted by molar-refractivity contribution is 5.78. The number of hydrogen-bond acceptors (Lipinski definition) is 2. The van der Waals surface area contributed by atoms with Gasteiger partial charge in [0.05, 0.1) is 0 Å². The van der Waals surface area contributed by atoms with Gasteiger partial charge in [-0.1, -0.05) is 30.3 Å². The van der Waals surface area contributed by atoms with Crippen LogP contribution in [0.2, 0.25) is 0 Å². The van der Waals surface area contributed by atoms with Gasteiger partial charge in [0.15, 0.2) is 0 Å². The Balaban J connectivity index is 1.68. The van der Waals surface area contributed by atoms with E-state index < -0.39 is 0 Å². The van der Waals surface area contributed by atoms with Crippen molar-refractivity contribution in [2.45, 2.75) is 25.3 Å². The molecule has 1 amide bonds. The first-order chi connectivity index (χ1) is 9.79. The Morgan fingerprint density at radius 3 is 2.60 bits per heavy atom. The normalized spacial score (nSPS) is 17.8. The second-order valence-electron chi connectivity index (χ2n) is 5.07. The van der Waals surface area contributed by atoms with E-state index in [1.165, 1.54) is 5.56 Å². The number of ether oxygens (including phenoxy) is 1. The minimum absolute atomic E-state index is 0.159. The Labute approximate surface area is 118 Å². The topological polar surface area (TPSA) is 38.3 Å². The number of hydrogen-bond donors (Lipinski definition) is 1. The summed E-state index contributed by atoms with van der Waals surface area (Å²) in [7, 11) is 0. The zero-order valence-corrected chi connectivity index (χ0v) is 11.2. The number of amides is 1. The van der Waals surface area contributed by atoms with E-state index in [1.807, 2.05) is 48.5 Å². The summed E-state index contributed by atoms with van der Waals surface area (Å²) >= 11 is 0. The molecule has 1 atom stereocenters. The van der Waals surface area contributed by atoms with Gasteiger partial charge in [0.1, 0.15) is 11.5 Å². The molecule has 1 unspecified atom stereocenters. The zero-order chi connectivity index (χ0) is 13.8. The number of benzene rings is 2. The Kier molecular flexibility index (Phi) is 3.68. The molecule has 0 spiro atoms. The largest absolute Gasteiger partial charge is 0.457 e. The summed E-state index contributed by atoms with van der Waals surface area (Å²) in [6.07, 6.45) is 2.42. The molecule has 0 saturated carbocycles. The Morgan fingerprint density at radius 2 is 1.85 bits per heavy atom. The highest BCUT2D eigenvalue weighted by Crippen LogP contribution is 2.23. The van der Waals surface area contributed by atoms with E-state index in [4.69, 9.17) is 4.74 Å². The highest BCUT2D eigenvalue weighted by Gasteiger charge is 2.20. The maximum Gasteiger partial charge on any atom is 0.220 e. The summed E-state index contributed by atoms with van der Waals surface area (Å²) in [5, 5.41) is 2.99. The van der Waals surface area contributed by atoms with Gasteiger partial charge in [-0.05, 0) is 42.7 Å². The lowest BCUT2D eigenvalue weighted by atomic mass is 10.0. The van der Waals surface area contributed by atoms with Crippen LogP contribution in [0.4, 0.5) is 0 Å². The van der Waals surface area contributed by atoms with Gasteiger partial charge in [0, 0.05) is 12.5 Å². The van der Waals surface area contributed by atoms with Crippen LogP contribution in [0.25, 0.3) is 0 Å². The van der Waals surface area contributed by atoms with Gasteiger partial charge in [-0.3, -0.25) is 4.79 Å². The van der Waals surface area contributed by atoms with Crippen molar-refractivity contribution in [2.24, 2.45) is 0 Å². The van der Waals surface area contributed by atoms with Crippen LogP contribution in [0.5, 0.6) is 11.5 Å². The standard InChI is InChI=1S/C17H17NO2/c19-17-10-9-14(18-17)11-13-5-4-8-16(12-13)20-15-6-2-1-3-7-15/h1-8,12,14H,9-11H2,(H,18,19). The molecule has 3 nitrogen and oxygen atoms in total. The molecule has 0 aliphatic carbocycles. The predicted octanol–water partition coefficient (Wildman–Crippen LogP) is 3.30. The third kappa shape index (κ3) is 3.18. The lowest BCUT2D eigenvalue weighted by molar-refractivity contribution is -0.119. The summed E-state index contributed by atoms with van der Waals surface area (Å²) in [6, 6.07) is 18.0. The van der Waals surface area contributed by atoms with Gasteiger partial charge in [-0.2, -0.15) is 0 Å². The van der Waals surface area contributed by atoms with E-state index in [9.17, 15) is 4.79 Å². The van der Waals surface area contributed by atoms with Crippen LogP contribution in [-0.2, 0) is 11.2 Å². The molecule has 1 heterocycles. The molecule has 102 valence electrons. The van der Waals surface area contributed by atoms with Gasteiger partial charge < -0.3 is 10.1 Å². The fraction of sp³-hybridized carbons (Fsp3) is 0.235. The van der Waals surface area contributed by atoms with Gasteiger partial charge in [-0.25, -0.2) is 0 Å². The lowest BCUT2D eigenvalue weighted by Gasteiger charge is -2.11. The summed E-state index contributed by atoms with van der Waals surface area (Å²) in [5.41, 5.74) is 1.19. The Hall–Kier alpha value is -2.29. The molecule has 1 fully saturated rings. The van der Waals surface area contributed by atoms with E-state index in [1.54, 1.807) is 0 Å². The monoisotopic (exact) mass is 267 g/mol. The Bertz CT molecular complexity index is 595. The molecule has 2 aromatic rings. The smallest absolute Gasteiger partial charge is 0.220 e. The second-order valence-corrected chi connectivity index (χ2v) is 5.07. The summed E-state index contributed by atoms with van der Waals surface area (Å²) in [5.74, 6) is 1.82. The second kappa shape index (κ2) is 5.78. The van der Waals surface area contributed by atoms with Crippen molar-refractivity contribution in [2.75, 3.05) is 0 Å². The first kappa shape index (κ1) is 12.7. The summed E-state index contributed by atoms with van der Waals surface area (Å²) < 4.78 is 5.82. The molecular formula is C17H17NO2. The number of carbonyl (C=O) groups is 1. The molecule has 1 N–H and O–H groups in total. The highest BCUT2D eigenvalue weighted by atomic mass is 16.5. The van der Waals surface area contributed by atoms with Crippen molar-refractivity contribution >= 4 is 5.91 Å². The summed E-state index contributed by atoms with van der Waals surface area (Å²) in [6.45, 7) is 0. The third-order valence-electron chi connectivity index (χ3n) is 3.44. The predicted molar refractivity (Wildman–Crippen MR) is 77.8 cm³/mol. The number of carbonyl (C=O) groups excluding carboxylic acids is 1. The van der Waals surface area contributed by atoms with Crippen LogP contribution in [0.3, 0.4) is 0 Å². The summed E-state index contributed by atoms with van der Waals surface area (Å²) in [4.78, 5) is 11.2. The van der Waals surface area contributed by atoms with Gasteiger partial charge >= 0.3 is 0 Å². The Morgan fingerprint density at radius 1 is 1.05 bits per heavy atom. The molecule has 1 saturated heterocycles. The van der Waals surface area contributed by atoms with Gasteiger partial charge in [-0.15, -0.1) is 0 Å². The van der Waals surface area contributed by atoms with Crippen molar-refractivity contribution in [1.82, 2.24) is 5.32 Å². The van der Waals surface area contributed by atoms with Crippen molar-refractivity contribution in [3.63, 3.8) is 0 Å². The molecule has 1 aliphatic heterocycles. The first-order valence-corrected chi connectivity index (χ1v) is 6.91. The van der Waals surface area contributed by atoms with E-state index in [-0.39, 0.29) is 11.9 Å². The van der Waals surface area contributed by atoms with Crippen LogP contribution in [0.15, 0.2) is 54.6 Å². The van der Waals surface area contributed by atoms with Crippen LogP contribution in [0.1, 0.15) is 18.4 Å². The number of rotatable bonds is 4. The van der Waals surface area contributed by atoms with Crippen molar-refractivity contribution in [1.29, 1.82) is 0 Å². The van der Waals surface area contributed by atoms with Crippen LogP contribution in [-0.4, -0.2) is 11.9 Å². The quantitative estimate of drug-likeness (QED) is 0.923. The van der Waals surface area contributed by atoms with Crippen LogP contribution >= 0.6 is 0 Å².